The molecule has 1 atom stereocenters. The molecule has 6 rings (SSSR count). The number of amides is 1. The summed E-state index contributed by atoms with van der Waals surface area (Å²) < 4.78 is 23.1. The van der Waals surface area contributed by atoms with Crippen LogP contribution in [0.1, 0.15) is 18.1 Å². The Bertz CT molecular complexity index is 1810. The summed E-state index contributed by atoms with van der Waals surface area (Å²) in [5, 5.41) is 12.2. The smallest absolute Gasteiger partial charge is 0.319 e. The minimum absolute atomic E-state index is 0.111. The molecule has 2 aliphatic rings. The molecule has 0 saturated carbocycles. The van der Waals surface area contributed by atoms with Crippen LogP contribution in [0.3, 0.4) is 0 Å². The van der Waals surface area contributed by atoms with Crippen molar-refractivity contribution in [1.82, 2.24) is 30.0 Å². The number of nitrogens with one attached hydrogen (secondary N) is 2. The number of aromatic amines is 1. The standard InChI is InChI=1S/C32H38FN8O2P/c1-7-23(42)41-11-10-40(15-20(41)4)30-21-14-19(3)25(24-18(2)8-9-22-26(24)29(34-6)38-37-22)27(33)28(21)35-31(36-30)43-13-12-39-16-32(5,44)17-39/h7-9,14H,1,4,10-13,15-17,44H2,2-3,5-6H3,(H2,34,37,38). The summed E-state index contributed by atoms with van der Waals surface area (Å²) in [5.41, 5.74) is 4.46. The SMILES string of the molecule is C=CC(=O)N1CCN(c2nc(OCCN3CC(C)(P)C3)nc3c(F)c(-c4c(C)ccc5[nH]nc(NC)c45)c(C)cc23)CC1=C. The van der Waals surface area contributed by atoms with Crippen LogP contribution in [0.15, 0.2) is 43.1 Å². The summed E-state index contributed by atoms with van der Waals surface area (Å²) >= 11 is 0. The number of nitrogens with zero attached hydrogens (tertiary/aromatic N) is 6. The van der Waals surface area contributed by atoms with Gasteiger partial charge in [-0.2, -0.15) is 15.1 Å². The topological polar surface area (TPSA) is 103 Å². The fourth-order valence-electron chi connectivity index (χ4n) is 6.37. The van der Waals surface area contributed by atoms with Crippen molar-refractivity contribution >= 4 is 48.6 Å². The van der Waals surface area contributed by atoms with Crippen LogP contribution in [-0.4, -0.2) is 94.0 Å². The molecule has 2 saturated heterocycles. The number of rotatable bonds is 8. The van der Waals surface area contributed by atoms with Crippen molar-refractivity contribution in [2.24, 2.45) is 0 Å². The lowest BCUT2D eigenvalue weighted by Gasteiger charge is -2.45. The highest BCUT2D eigenvalue weighted by atomic mass is 31.0. The number of hydrogen-bond donors (Lipinski definition) is 2. The Labute approximate surface area is 258 Å². The maximum Gasteiger partial charge on any atom is 0.319 e. The number of carbonyl (C=O) groups is 1. The van der Waals surface area contributed by atoms with E-state index in [9.17, 15) is 4.79 Å². The van der Waals surface area contributed by atoms with Crippen molar-refractivity contribution in [3.05, 3.63) is 60.1 Å². The number of piperazine rings is 1. The summed E-state index contributed by atoms with van der Waals surface area (Å²) in [7, 11) is 4.69. The van der Waals surface area contributed by atoms with Gasteiger partial charge in [0.2, 0.25) is 5.91 Å². The van der Waals surface area contributed by atoms with Gasteiger partial charge in [-0.25, -0.2) is 4.39 Å². The molecule has 4 heterocycles. The molecule has 2 aliphatic heterocycles. The lowest BCUT2D eigenvalue weighted by Crippen LogP contribution is -2.56. The number of H-pyrrole nitrogens is 1. The van der Waals surface area contributed by atoms with Crippen molar-refractivity contribution in [3.8, 4) is 17.1 Å². The highest BCUT2D eigenvalue weighted by molar-refractivity contribution is 7.19. The third kappa shape index (κ3) is 5.28. The molecule has 0 radical (unpaired) electrons. The van der Waals surface area contributed by atoms with Crippen molar-refractivity contribution < 1.29 is 13.9 Å². The number of ether oxygens (including phenoxy) is 1. The molecule has 0 bridgehead atoms. The van der Waals surface area contributed by atoms with E-state index in [0.29, 0.717) is 54.5 Å². The van der Waals surface area contributed by atoms with Crippen LogP contribution < -0.4 is 15.0 Å². The van der Waals surface area contributed by atoms with Gasteiger partial charge in [0.15, 0.2) is 11.6 Å². The molecule has 1 unspecified atom stereocenters. The first kappa shape index (κ1) is 30.0. The van der Waals surface area contributed by atoms with Gasteiger partial charge in [0.05, 0.1) is 17.4 Å². The van der Waals surface area contributed by atoms with E-state index in [-0.39, 0.29) is 22.6 Å². The molecular formula is C32H38FN8O2P. The van der Waals surface area contributed by atoms with E-state index in [0.717, 1.165) is 47.2 Å². The number of carbonyl (C=O) groups excluding carboxylic acids is 1. The fraction of sp³-hybridized carbons (Fsp3) is 0.375. The van der Waals surface area contributed by atoms with Crippen LogP contribution >= 0.6 is 9.24 Å². The Hall–Kier alpha value is -4.08. The highest BCUT2D eigenvalue weighted by Crippen LogP contribution is 2.42. The Balaban J connectivity index is 1.46. The predicted octanol–water partition coefficient (Wildman–Crippen LogP) is 4.65. The number of likely N-dealkylation sites (tertiary alicyclic amines) is 1. The van der Waals surface area contributed by atoms with E-state index in [1.54, 1.807) is 11.9 Å². The first-order chi connectivity index (χ1) is 21.0. The van der Waals surface area contributed by atoms with Gasteiger partial charge < -0.3 is 19.9 Å². The first-order valence-electron chi connectivity index (χ1n) is 14.7. The average molecular weight is 617 g/mol. The number of hydrogen-bond acceptors (Lipinski definition) is 8. The number of benzene rings is 2. The second-order valence-electron chi connectivity index (χ2n) is 12.0. The van der Waals surface area contributed by atoms with Gasteiger partial charge >= 0.3 is 6.01 Å². The van der Waals surface area contributed by atoms with Crippen molar-refractivity contribution in [2.75, 3.05) is 63.1 Å². The van der Waals surface area contributed by atoms with E-state index in [4.69, 9.17) is 9.72 Å². The molecule has 230 valence electrons. The summed E-state index contributed by atoms with van der Waals surface area (Å²) in [4.78, 5) is 27.7. The van der Waals surface area contributed by atoms with Crippen LogP contribution in [0.2, 0.25) is 0 Å². The van der Waals surface area contributed by atoms with Gasteiger partial charge in [0.25, 0.3) is 0 Å². The van der Waals surface area contributed by atoms with Crippen molar-refractivity contribution in [2.45, 2.75) is 25.9 Å². The number of anilines is 2. The quantitative estimate of drug-likeness (QED) is 0.218. The molecule has 44 heavy (non-hydrogen) atoms. The van der Waals surface area contributed by atoms with Crippen LogP contribution in [0.25, 0.3) is 32.9 Å². The first-order valence-corrected chi connectivity index (χ1v) is 15.3. The molecule has 2 aromatic carbocycles. The zero-order valence-electron chi connectivity index (χ0n) is 25.6. The molecule has 2 fully saturated rings. The highest BCUT2D eigenvalue weighted by Gasteiger charge is 2.34. The van der Waals surface area contributed by atoms with Gasteiger partial charge in [-0.15, -0.1) is 9.24 Å². The van der Waals surface area contributed by atoms with Crippen molar-refractivity contribution in [1.29, 1.82) is 0 Å². The summed E-state index contributed by atoms with van der Waals surface area (Å²) in [5.74, 6) is 0.535. The average Bonchev–Trinajstić information content (AvgIpc) is 3.40. The van der Waals surface area contributed by atoms with Crippen LogP contribution in [0.5, 0.6) is 6.01 Å². The van der Waals surface area contributed by atoms with E-state index in [1.807, 2.05) is 36.9 Å². The van der Waals surface area contributed by atoms with Gasteiger partial charge in [-0.1, -0.05) is 26.1 Å². The van der Waals surface area contributed by atoms with Crippen LogP contribution in [0, 0.1) is 19.7 Å². The van der Waals surface area contributed by atoms with Gasteiger partial charge in [0, 0.05) is 67.1 Å². The lowest BCUT2D eigenvalue weighted by molar-refractivity contribution is -0.124. The van der Waals surface area contributed by atoms with Crippen LogP contribution in [-0.2, 0) is 4.79 Å². The number of aromatic nitrogens is 4. The third-order valence-electron chi connectivity index (χ3n) is 8.41. The predicted molar refractivity (Wildman–Crippen MR) is 177 cm³/mol. The Kier molecular flexibility index (Phi) is 7.80. The minimum atomic E-state index is -0.451. The molecule has 2 N–H and O–H groups in total. The van der Waals surface area contributed by atoms with Gasteiger partial charge in [0.1, 0.15) is 17.9 Å². The fourth-order valence-corrected chi connectivity index (χ4v) is 6.89. The number of aryl methyl sites for hydroxylation is 2. The van der Waals surface area contributed by atoms with Gasteiger partial charge in [-0.3, -0.25) is 14.8 Å². The molecule has 2 aromatic heterocycles. The van der Waals surface area contributed by atoms with E-state index in [1.165, 1.54) is 6.08 Å². The second-order valence-corrected chi connectivity index (χ2v) is 13.4. The molecule has 1 amide bonds. The molecular weight excluding hydrogens is 578 g/mol. The maximum absolute atomic E-state index is 17.0. The number of fused-ring (bicyclic) bond motifs is 2. The van der Waals surface area contributed by atoms with Crippen LogP contribution in [0.4, 0.5) is 16.0 Å². The normalized spacial score (nSPS) is 16.8. The molecule has 0 aliphatic carbocycles. The summed E-state index contributed by atoms with van der Waals surface area (Å²) in [6.45, 7) is 18.0. The minimum Gasteiger partial charge on any atom is -0.462 e. The summed E-state index contributed by atoms with van der Waals surface area (Å²) in [6.07, 6.45) is 1.28. The molecule has 12 heteroatoms. The lowest BCUT2D eigenvalue weighted by atomic mass is 9.91. The monoisotopic (exact) mass is 616 g/mol. The molecule has 0 spiro atoms. The zero-order valence-corrected chi connectivity index (χ0v) is 26.8. The van der Waals surface area contributed by atoms with Crippen molar-refractivity contribution in [3.63, 3.8) is 0 Å². The largest absolute Gasteiger partial charge is 0.462 e. The number of halogens is 1. The molecule has 10 nitrogen and oxygen atoms in total. The van der Waals surface area contributed by atoms with E-state index >= 15 is 4.39 Å². The molecule has 4 aromatic rings. The van der Waals surface area contributed by atoms with E-state index in [2.05, 4.69) is 54.7 Å². The Morgan fingerprint density at radius 2 is 2.00 bits per heavy atom. The summed E-state index contributed by atoms with van der Waals surface area (Å²) in [6, 6.07) is 5.96. The zero-order chi connectivity index (χ0) is 31.3. The van der Waals surface area contributed by atoms with E-state index < -0.39 is 5.82 Å². The van der Waals surface area contributed by atoms with Gasteiger partial charge in [-0.05, 0) is 43.2 Å². The Morgan fingerprint density at radius 3 is 2.68 bits per heavy atom. The Morgan fingerprint density at radius 1 is 1.23 bits per heavy atom. The maximum atomic E-state index is 17.0. The second kappa shape index (κ2) is 11.4. The third-order valence-corrected chi connectivity index (χ3v) is 8.78.